The molecule has 0 aliphatic carbocycles. The van der Waals surface area contributed by atoms with Crippen molar-refractivity contribution in [2.24, 2.45) is 5.92 Å². The molecule has 11 heteroatoms. The maximum absolute atomic E-state index is 13.0. The molecule has 0 bridgehead atoms. The molecule has 0 saturated carbocycles. The molecule has 0 unspecified atom stereocenters. The second kappa shape index (κ2) is 14.2. The van der Waals surface area contributed by atoms with E-state index in [-0.39, 0.29) is 6.61 Å². The van der Waals surface area contributed by atoms with Crippen LogP contribution < -0.4 is 10.1 Å². The third kappa shape index (κ3) is 8.94. The van der Waals surface area contributed by atoms with Gasteiger partial charge in [0, 0.05) is 12.5 Å². The largest absolute Gasteiger partial charge is 0.497 e. The predicted molar refractivity (Wildman–Crippen MR) is 166 cm³/mol. The Morgan fingerprint density at radius 1 is 1.10 bits per heavy atom. The van der Waals surface area contributed by atoms with E-state index in [1.807, 2.05) is 61.5 Å². The molecule has 41 heavy (non-hydrogen) atoms. The van der Waals surface area contributed by atoms with Crippen molar-refractivity contribution >= 4 is 49.0 Å². The monoisotopic (exact) mass is 643 g/mol. The Hall–Kier alpha value is -1.62. The van der Waals surface area contributed by atoms with E-state index >= 15 is 0 Å². The lowest BCUT2D eigenvalue weighted by atomic mass is 9.69. The van der Waals surface area contributed by atoms with Crippen molar-refractivity contribution in [1.82, 2.24) is 5.32 Å². The van der Waals surface area contributed by atoms with Gasteiger partial charge in [0.15, 0.2) is 14.6 Å². The number of carbonyl (C=O) groups is 1. The summed E-state index contributed by atoms with van der Waals surface area (Å²) in [5, 5.41) is 2.90. The minimum absolute atomic E-state index is 0.00137. The maximum atomic E-state index is 13.0. The number of carbonyl (C=O) groups excluding carboxylic acids is 1. The fraction of sp³-hybridized carbons (Fsp3) is 0.500. The number of halogens is 3. The maximum Gasteiger partial charge on any atom is 0.273 e. The Morgan fingerprint density at radius 2 is 1.73 bits per heavy atom. The molecule has 1 heterocycles. The summed E-state index contributed by atoms with van der Waals surface area (Å²) in [5.74, 6) is -0.438. The summed E-state index contributed by atoms with van der Waals surface area (Å²) in [6, 6.07) is 17.6. The molecule has 0 radical (unpaired) electrons. The van der Waals surface area contributed by atoms with Gasteiger partial charge in [-0.15, -0.1) is 6.58 Å². The zero-order chi connectivity index (χ0) is 30.3. The topological polar surface area (TPSA) is 75.3 Å². The molecule has 7 nitrogen and oxygen atoms in total. The second-order valence-electron chi connectivity index (χ2n) is 11.2. The Balaban J connectivity index is 1.93. The van der Waals surface area contributed by atoms with Gasteiger partial charge in [-0.05, 0) is 56.2 Å². The molecule has 1 aliphatic rings. The molecule has 1 amide bonds. The summed E-state index contributed by atoms with van der Waals surface area (Å²) >= 11 is 17.9. The van der Waals surface area contributed by atoms with Gasteiger partial charge in [0.05, 0.1) is 32.5 Å². The van der Waals surface area contributed by atoms with Crippen molar-refractivity contribution in [3.05, 3.63) is 78.4 Å². The summed E-state index contributed by atoms with van der Waals surface area (Å²) in [6.07, 6.45) is 1.43. The number of amides is 1. The van der Waals surface area contributed by atoms with Gasteiger partial charge in [0.2, 0.25) is 0 Å². The Labute approximate surface area is 259 Å². The highest BCUT2D eigenvalue weighted by atomic mass is 35.6. The molecule has 3 rings (SSSR count). The van der Waals surface area contributed by atoms with E-state index in [1.54, 1.807) is 13.2 Å². The molecule has 1 N–H and O–H groups in total. The normalized spacial score (nSPS) is 25.0. The number of hydrogen-bond donors (Lipinski definition) is 1. The van der Waals surface area contributed by atoms with Gasteiger partial charge in [-0.1, -0.05) is 83.3 Å². The van der Waals surface area contributed by atoms with Crippen molar-refractivity contribution < 1.29 is 28.2 Å². The van der Waals surface area contributed by atoms with E-state index in [0.717, 1.165) is 16.9 Å². The number of alkyl halides is 3. The first-order valence-corrected chi connectivity index (χ1v) is 18.0. The molecule has 2 aromatic carbocycles. The average molecular weight is 645 g/mol. The van der Waals surface area contributed by atoms with Crippen molar-refractivity contribution in [3.63, 3.8) is 0 Å². The smallest absolute Gasteiger partial charge is 0.273 e. The highest BCUT2D eigenvalue weighted by Crippen LogP contribution is 2.46. The number of rotatable bonds is 13. The van der Waals surface area contributed by atoms with Crippen molar-refractivity contribution in [1.29, 1.82) is 0 Å². The molecule has 4 atom stereocenters. The summed E-state index contributed by atoms with van der Waals surface area (Å²) in [7, 11) is -0.628. The summed E-state index contributed by atoms with van der Waals surface area (Å²) in [5.41, 5.74) is -0.259. The first-order chi connectivity index (χ1) is 19.2. The van der Waals surface area contributed by atoms with Gasteiger partial charge < -0.3 is 28.7 Å². The molecular weight excluding hydrogens is 605 g/mol. The van der Waals surface area contributed by atoms with Crippen LogP contribution in [-0.2, 0) is 36.6 Å². The van der Waals surface area contributed by atoms with Crippen LogP contribution in [0.3, 0.4) is 0 Å². The van der Waals surface area contributed by atoms with E-state index in [4.69, 9.17) is 58.2 Å². The molecular formula is C30H40Cl3NO6Si. The minimum Gasteiger partial charge on any atom is -0.497 e. The number of benzene rings is 2. The quantitative estimate of drug-likeness (QED) is 0.112. The van der Waals surface area contributed by atoms with Crippen LogP contribution in [0.1, 0.15) is 24.5 Å². The molecule has 1 aliphatic heterocycles. The highest BCUT2D eigenvalue weighted by molar-refractivity contribution is 6.76. The van der Waals surface area contributed by atoms with E-state index in [9.17, 15) is 4.79 Å². The molecule has 1 fully saturated rings. The fourth-order valence-corrected chi connectivity index (χ4v) is 6.81. The van der Waals surface area contributed by atoms with Crippen LogP contribution in [0.5, 0.6) is 5.75 Å². The summed E-state index contributed by atoms with van der Waals surface area (Å²) in [4.78, 5) is 13.0. The molecule has 1 saturated heterocycles. The Kier molecular flexibility index (Phi) is 11.8. The average Bonchev–Trinajstić information content (AvgIpc) is 2.91. The van der Waals surface area contributed by atoms with Crippen LogP contribution in [0.25, 0.3) is 0 Å². The van der Waals surface area contributed by atoms with Crippen LogP contribution >= 0.6 is 34.8 Å². The SMILES string of the molecule is C=C[C@@]1(NC(=O)C(Cl)(Cl)Cl)CO[C@@H](OCc2ccc(OC)cc2)[C@H](CCOCc2ccccc2)[C@]1(C)O[Si](C)(C)C. The lowest BCUT2D eigenvalue weighted by Gasteiger charge is -2.58. The van der Waals surface area contributed by atoms with Crippen molar-refractivity contribution in [2.75, 3.05) is 20.3 Å². The van der Waals surface area contributed by atoms with Crippen LogP contribution in [0.2, 0.25) is 19.6 Å². The standard InChI is InChI=1S/C30H40Cl3NO6Si/c1-7-29(34-27(35)30(31,32)33)21-39-26(38-20-23-13-15-24(36-3)16-14-23)25(28(29,2)40-41(4,5)6)17-18-37-19-22-11-9-8-10-12-22/h7-16,25-26H,1,17-21H2,2-6H3,(H,34,35)/t25-,26+,28-,29+/m0/s1. The molecule has 0 spiro atoms. The predicted octanol–water partition coefficient (Wildman–Crippen LogP) is 6.81. The Morgan fingerprint density at radius 3 is 2.29 bits per heavy atom. The highest BCUT2D eigenvalue weighted by Gasteiger charge is 2.61. The molecule has 2 aromatic rings. The van der Waals surface area contributed by atoms with Crippen LogP contribution in [0.15, 0.2) is 67.3 Å². The minimum atomic E-state index is -2.25. The zero-order valence-electron chi connectivity index (χ0n) is 24.3. The van der Waals surface area contributed by atoms with Crippen molar-refractivity contribution in [3.8, 4) is 5.75 Å². The van der Waals surface area contributed by atoms with Gasteiger partial charge in [-0.3, -0.25) is 4.79 Å². The number of hydrogen-bond acceptors (Lipinski definition) is 6. The number of nitrogens with one attached hydrogen (secondary N) is 1. The van der Waals surface area contributed by atoms with E-state index in [0.29, 0.717) is 26.2 Å². The molecule has 0 aromatic heterocycles. The number of ether oxygens (including phenoxy) is 4. The third-order valence-corrected chi connectivity index (χ3v) is 8.67. The van der Waals surface area contributed by atoms with E-state index in [2.05, 4.69) is 31.5 Å². The third-order valence-electron chi connectivity index (χ3n) is 7.12. The lowest BCUT2D eigenvalue weighted by Crippen LogP contribution is -2.75. The molecule has 226 valence electrons. The second-order valence-corrected chi connectivity index (χ2v) is 17.9. The number of methoxy groups -OCH3 is 1. The van der Waals surface area contributed by atoms with Gasteiger partial charge in [0.1, 0.15) is 11.3 Å². The van der Waals surface area contributed by atoms with Gasteiger partial charge >= 0.3 is 0 Å². The van der Waals surface area contributed by atoms with Crippen molar-refractivity contribution in [2.45, 2.75) is 67.4 Å². The lowest BCUT2D eigenvalue weighted by molar-refractivity contribution is -0.272. The fourth-order valence-electron chi connectivity index (χ4n) is 5.06. The van der Waals surface area contributed by atoms with Crippen LogP contribution in [-0.4, -0.2) is 55.8 Å². The first kappa shape index (κ1) is 33.9. The van der Waals surface area contributed by atoms with E-state index < -0.39 is 41.4 Å². The van der Waals surface area contributed by atoms with Crippen LogP contribution in [0, 0.1) is 5.92 Å². The van der Waals surface area contributed by atoms with Crippen LogP contribution in [0.4, 0.5) is 0 Å². The van der Waals surface area contributed by atoms with E-state index in [1.165, 1.54) is 0 Å². The van der Waals surface area contributed by atoms with Gasteiger partial charge in [-0.25, -0.2) is 0 Å². The summed E-state index contributed by atoms with van der Waals surface area (Å²) in [6.45, 7) is 13.4. The first-order valence-electron chi connectivity index (χ1n) is 13.4. The Bertz CT molecular complexity index is 1140. The van der Waals surface area contributed by atoms with Gasteiger partial charge in [-0.2, -0.15) is 0 Å². The zero-order valence-corrected chi connectivity index (χ0v) is 27.5. The summed E-state index contributed by atoms with van der Waals surface area (Å²) < 4.78 is 28.8. The van der Waals surface area contributed by atoms with Gasteiger partial charge in [0.25, 0.3) is 9.70 Å².